The zero-order valence-electron chi connectivity index (χ0n) is 11.2. The second-order valence-corrected chi connectivity index (χ2v) is 5.50. The van der Waals surface area contributed by atoms with Crippen LogP contribution in [-0.4, -0.2) is 48.3 Å². The van der Waals surface area contributed by atoms with Gasteiger partial charge in [0.1, 0.15) is 5.82 Å². The van der Waals surface area contributed by atoms with E-state index in [2.05, 4.69) is 0 Å². The summed E-state index contributed by atoms with van der Waals surface area (Å²) in [7, 11) is 1.53. The second-order valence-electron chi connectivity index (χ2n) is 5.09. The number of benzene rings is 1. The van der Waals surface area contributed by atoms with Gasteiger partial charge in [-0.25, -0.2) is 4.39 Å². The van der Waals surface area contributed by atoms with Gasteiger partial charge in [-0.1, -0.05) is 17.7 Å². The number of hydrogen-bond acceptors (Lipinski definition) is 3. The summed E-state index contributed by atoms with van der Waals surface area (Å²) in [5.74, 6) is -1.19. The van der Waals surface area contributed by atoms with E-state index < -0.39 is 17.3 Å². The van der Waals surface area contributed by atoms with Crippen molar-refractivity contribution in [2.24, 2.45) is 0 Å². The number of carbonyl (C=O) groups is 1. The van der Waals surface area contributed by atoms with Crippen LogP contribution in [0.5, 0.6) is 0 Å². The minimum absolute atomic E-state index is 0.0702. The Bertz CT molecular complexity index is 483. The molecule has 4 nitrogen and oxygen atoms in total. The third-order valence-electron chi connectivity index (χ3n) is 3.48. The monoisotopic (exact) mass is 301 g/mol. The average Bonchev–Trinajstić information content (AvgIpc) is 2.38. The fraction of sp³-hybridized carbons (Fsp3) is 0.500. The van der Waals surface area contributed by atoms with E-state index in [0.29, 0.717) is 26.1 Å². The molecule has 2 rings (SSSR count). The van der Waals surface area contributed by atoms with Crippen LogP contribution in [0.15, 0.2) is 18.2 Å². The number of ether oxygens (including phenoxy) is 1. The van der Waals surface area contributed by atoms with Crippen LogP contribution in [0.2, 0.25) is 5.02 Å². The van der Waals surface area contributed by atoms with Gasteiger partial charge in [-0.05, 0) is 12.1 Å². The van der Waals surface area contributed by atoms with Gasteiger partial charge in [-0.2, -0.15) is 0 Å². The van der Waals surface area contributed by atoms with Gasteiger partial charge in [0.15, 0.2) is 0 Å². The average molecular weight is 302 g/mol. The normalized spacial score (nSPS) is 17.8. The van der Waals surface area contributed by atoms with Crippen LogP contribution in [0.3, 0.4) is 0 Å². The number of aliphatic hydroxyl groups is 1. The predicted molar refractivity (Wildman–Crippen MR) is 73.4 cm³/mol. The Morgan fingerprint density at radius 1 is 1.50 bits per heavy atom. The van der Waals surface area contributed by atoms with E-state index in [1.165, 1.54) is 30.1 Å². The van der Waals surface area contributed by atoms with Crippen molar-refractivity contribution in [2.45, 2.75) is 18.4 Å². The van der Waals surface area contributed by atoms with Crippen LogP contribution in [0.25, 0.3) is 0 Å². The third kappa shape index (κ3) is 3.29. The first-order chi connectivity index (χ1) is 9.43. The van der Waals surface area contributed by atoms with Crippen molar-refractivity contribution >= 4 is 17.5 Å². The standard InChI is InChI=1S/C14H17ClFNO3/c1-17(9-14(19)5-7-20-8-6-14)13(18)12-10(15)3-2-4-11(12)16/h2-4,19H,5-9H2,1H3. The molecule has 0 radical (unpaired) electrons. The molecule has 0 unspecified atom stereocenters. The minimum Gasteiger partial charge on any atom is -0.388 e. The number of amides is 1. The van der Waals surface area contributed by atoms with Crippen LogP contribution >= 0.6 is 11.6 Å². The van der Waals surface area contributed by atoms with Gasteiger partial charge in [0, 0.05) is 39.6 Å². The van der Waals surface area contributed by atoms with Gasteiger partial charge >= 0.3 is 0 Å². The SMILES string of the molecule is CN(CC1(O)CCOCC1)C(=O)c1c(F)cccc1Cl. The molecule has 0 aromatic heterocycles. The second kappa shape index (κ2) is 6.08. The molecule has 1 amide bonds. The van der Waals surface area contributed by atoms with Crippen molar-refractivity contribution in [3.8, 4) is 0 Å². The Morgan fingerprint density at radius 3 is 2.75 bits per heavy atom. The summed E-state index contributed by atoms with van der Waals surface area (Å²) in [4.78, 5) is 13.6. The fourth-order valence-electron chi connectivity index (χ4n) is 2.32. The smallest absolute Gasteiger partial charge is 0.258 e. The molecule has 6 heteroatoms. The summed E-state index contributed by atoms with van der Waals surface area (Å²) < 4.78 is 18.9. The number of likely N-dealkylation sites (N-methyl/N-ethyl adjacent to an activating group) is 1. The van der Waals surface area contributed by atoms with Crippen LogP contribution in [0, 0.1) is 5.82 Å². The van der Waals surface area contributed by atoms with E-state index in [4.69, 9.17) is 16.3 Å². The zero-order valence-corrected chi connectivity index (χ0v) is 12.0. The van der Waals surface area contributed by atoms with Gasteiger partial charge in [-0.3, -0.25) is 4.79 Å². The predicted octanol–water partition coefficient (Wildman–Crippen LogP) is 2.09. The maximum atomic E-state index is 13.7. The summed E-state index contributed by atoms with van der Waals surface area (Å²) in [5.41, 5.74) is -1.15. The first kappa shape index (κ1) is 15.2. The van der Waals surface area contributed by atoms with E-state index >= 15 is 0 Å². The van der Waals surface area contributed by atoms with Gasteiger partial charge in [-0.15, -0.1) is 0 Å². The molecule has 0 saturated carbocycles. The van der Waals surface area contributed by atoms with E-state index in [-0.39, 0.29) is 17.1 Å². The van der Waals surface area contributed by atoms with Crippen LogP contribution in [-0.2, 0) is 4.74 Å². The topological polar surface area (TPSA) is 49.8 Å². The van der Waals surface area contributed by atoms with Crippen molar-refractivity contribution in [2.75, 3.05) is 26.8 Å². The number of rotatable bonds is 3. The van der Waals surface area contributed by atoms with Crippen molar-refractivity contribution in [3.63, 3.8) is 0 Å². The lowest BCUT2D eigenvalue weighted by Gasteiger charge is -2.35. The lowest BCUT2D eigenvalue weighted by molar-refractivity contribution is -0.0734. The Labute approximate surface area is 122 Å². The van der Waals surface area contributed by atoms with E-state index in [1.807, 2.05) is 0 Å². The Hall–Kier alpha value is -1.17. The summed E-state index contributed by atoms with van der Waals surface area (Å²) in [6.07, 6.45) is 0.908. The number of carbonyl (C=O) groups excluding carboxylic acids is 1. The maximum Gasteiger partial charge on any atom is 0.258 e. The van der Waals surface area contributed by atoms with Crippen LogP contribution in [0.4, 0.5) is 4.39 Å². The molecule has 0 aliphatic carbocycles. The van der Waals surface area contributed by atoms with Crippen molar-refractivity contribution in [1.82, 2.24) is 4.90 Å². The highest BCUT2D eigenvalue weighted by molar-refractivity contribution is 6.33. The molecule has 1 aromatic carbocycles. The maximum absolute atomic E-state index is 13.7. The van der Waals surface area contributed by atoms with E-state index in [9.17, 15) is 14.3 Å². The van der Waals surface area contributed by atoms with Crippen LogP contribution < -0.4 is 0 Å². The number of hydrogen-bond donors (Lipinski definition) is 1. The summed E-state index contributed by atoms with van der Waals surface area (Å²) >= 11 is 5.88. The molecule has 0 spiro atoms. The number of halogens is 2. The highest BCUT2D eigenvalue weighted by atomic mass is 35.5. The lowest BCUT2D eigenvalue weighted by atomic mass is 9.93. The van der Waals surface area contributed by atoms with Gasteiger partial charge < -0.3 is 14.7 Å². The summed E-state index contributed by atoms with van der Waals surface area (Å²) in [6, 6.07) is 4.10. The largest absolute Gasteiger partial charge is 0.388 e. The van der Waals surface area contributed by atoms with E-state index in [0.717, 1.165) is 0 Å². The Kier molecular flexibility index (Phi) is 4.62. The van der Waals surface area contributed by atoms with Crippen molar-refractivity contribution in [1.29, 1.82) is 0 Å². The number of nitrogens with zero attached hydrogens (tertiary/aromatic N) is 1. The van der Waals surface area contributed by atoms with Crippen LogP contribution in [0.1, 0.15) is 23.2 Å². The third-order valence-corrected chi connectivity index (χ3v) is 3.79. The molecule has 0 bridgehead atoms. The molecule has 1 aliphatic rings. The summed E-state index contributed by atoms with van der Waals surface area (Å²) in [5, 5.41) is 10.4. The Balaban J connectivity index is 2.12. The molecule has 20 heavy (non-hydrogen) atoms. The van der Waals surface area contributed by atoms with Gasteiger partial charge in [0.05, 0.1) is 16.2 Å². The van der Waals surface area contributed by atoms with Gasteiger partial charge in [0.25, 0.3) is 5.91 Å². The molecule has 0 atom stereocenters. The van der Waals surface area contributed by atoms with Gasteiger partial charge in [0.2, 0.25) is 0 Å². The molecular weight excluding hydrogens is 285 g/mol. The molecule has 1 heterocycles. The van der Waals surface area contributed by atoms with Crippen molar-refractivity contribution < 1.29 is 19.0 Å². The zero-order chi connectivity index (χ0) is 14.8. The lowest BCUT2D eigenvalue weighted by Crippen LogP contribution is -2.47. The van der Waals surface area contributed by atoms with Crippen molar-refractivity contribution in [3.05, 3.63) is 34.6 Å². The minimum atomic E-state index is -0.986. The molecule has 1 aromatic rings. The highest BCUT2D eigenvalue weighted by Crippen LogP contribution is 2.24. The molecule has 1 N–H and O–H groups in total. The quantitative estimate of drug-likeness (QED) is 0.930. The molecule has 1 saturated heterocycles. The Morgan fingerprint density at radius 2 is 2.15 bits per heavy atom. The molecular formula is C14H17ClFNO3. The highest BCUT2D eigenvalue weighted by Gasteiger charge is 2.33. The fourth-order valence-corrected chi connectivity index (χ4v) is 2.56. The molecule has 1 aliphatic heterocycles. The summed E-state index contributed by atoms with van der Waals surface area (Å²) in [6.45, 7) is 1.04. The first-order valence-corrected chi connectivity index (χ1v) is 6.80. The molecule has 110 valence electrons. The van der Waals surface area contributed by atoms with E-state index in [1.54, 1.807) is 0 Å². The molecule has 1 fully saturated rings. The first-order valence-electron chi connectivity index (χ1n) is 6.42.